The number of aliphatic hydroxyl groups excluding tert-OH is 1. The summed E-state index contributed by atoms with van der Waals surface area (Å²) in [7, 11) is 0. The highest BCUT2D eigenvalue weighted by molar-refractivity contribution is 7.09. The first-order chi connectivity index (χ1) is 8.35. The molecule has 2 aromatic rings. The SMILES string of the molecule is CCOC(c1ccccc1)c1nc(CO)cs1. The molecule has 3 nitrogen and oxygen atoms in total. The Bertz CT molecular complexity index is 455. The van der Waals surface area contributed by atoms with Crippen molar-refractivity contribution >= 4 is 11.3 Å². The van der Waals surface area contributed by atoms with Crippen molar-refractivity contribution in [3.05, 3.63) is 52.0 Å². The Kier molecular flexibility index (Phi) is 4.25. The molecular formula is C13H15NO2S. The third-order valence-corrected chi connectivity index (χ3v) is 3.33. The fourth-order valence-electron chi connectivity index (χ4n) is 1.62. The number of aliphatic hydroxyl groups is 1. The van der Waals surface area contributed by atoms with Crippen LogP contribution in [-0.2, 0) is 11.3 Å². The summed E-state index contributed by atoms with van der Waals surface area (Å²) < 4.78 is 5.74. The minimum absolute atomic E-state index is 0.0237. The molecular weight excluding hydrogens is 234 g/mol. The maximum atomic E-state index is 9.04. The van der Waals surface area contributed by atoms with Gasteiger partial charge in [0.15, 0.2) is 0 Å². The van der Waals surface area contributed by atoms with E-state index < -0.39 is 0 Å². The molecule has 0 saturated heterocycles. The van der Waals surface area contributed by atoms with Crippen molar-refractivity contribution < 1.29 is 9.84 Å². The summed E-state index contributed by atoms with van der Waals surface area (Å²) in [5.41, 5.74) is 1.79. The van der Waals surface area contributed by atoms with Gasteiger partial charge in [0.1, 0.15) is 11.1 Å². The van der Waals surface area contributed by atoms with Crippen LogP contribution in [-0.4, -0.2) is 16.7 Å². The average molecular weight is 249 g/mol. The summed E-state index contributed by atoms with van der Waals surface area (Å²) in [6.45, 7) is 2.58. The molecule has 0 aliphatic carbocycles. The minimum Gasteiger partial charge on any atom is -0.390 e. The van der Waals surface area contributed by atoms with E-state index in [1.165, 1.54) is 11.3 Å². The molecule has 1 aromatic carbocycles. The first-order valence-electron chi connectivity index (χ1n) is 5.57. The van der Waals surface area contributed by atoms with Crippen LogP contribution in [0.4, 0.5) is 0 Å². The van der Waals surface area contributed by atoms with Crippen LogP contribution in [0.1, 0.15) is 29.3 Å². The molecule has 0 spiro atoms. The largest absolute Gasteiger partial charge is 0.390 e. The fraction of sp³-hybridized carbons (Fsp3) is 0.308. The Labute approximate surface area is 105 Å². The Balaban J connectivity index is 2.28. The number of hydrogen-bond donors (Lipinski definition) is 1. The lowest BCUT2D eigenvalue weighted by Crippen LogP contribution is -2.06. The molecule has 0 saturated carbocycles. The summed E-state index contributed by atoms with van der Waals surface area (Å²) in [4.78, 5) is 4.37. The highest BCUT2D eigenvalue weighted by Gasteiger charge is 2.17. The van der Waals surface area contributed by atoms with Crippen LogP contribution in [0.3, 0.4) is 0 Å². The second kappa shape index (κ2) is 5.91. The lowest BCUT2D eigenvalue weighted by atomic mass is 10.1. The third kappa shape index (κ3) is 2.91. The summed E-state index contributed by atoms with van der Waals surface area (Å²) in [5.74, 6) is 0. The Morgan fingerprint density at radius 1 is 1.35 bits per heavy atom. The highest BCUT2D eigenvalue weighted by atomic mass is 32.1. The van der Waals surface area contributed by atoms with Crippen LogP contribution in [0.15, 0.2) is 35.7 Å². The zero-order chi connectivity index (χ0) is 12.1. The second-order valence-electron chi connectivity index (χ2n) is 3.58. The van der Waals surface area contributed by atoms with Gasteiger partial charge in [-0.25, -0.2) is 4.98 Å². The number of nitrogens with zero attached hydrogens (tertiary/aromatic N) is 1. The Hall–Kier alpha value is -1.23. The molecule has 90 valence electrons. The summed E-state index contributed by atoms with van der Waals surface area (Å²) in [6, 6.07) is 10.0. The normalized spacial score (nSPS) is 12.6. The van der Waals surface area contributed by atoms with Gasteiger partial charge in [0.2, 0.25) is 0 Å². The molecule has 0 aliphatic rings. The zero-order valence-corrected chi connectivity index (χ0v) is 10.5. The van der Waals surface area contributed by atoms with Crippen LogP contribution >= 0.6 is 11.3 Å². The molecule has 0 fully saturated rings. The first-order valence-corrected chi connectivity index (χ1v) is 6.44. The van der Waals surface area contributed by atoms with Crippen molar-refractivity contribution in [1.29, 1.82) is 0 Å². The topological polar surface area (TPSA) is 42.4 Å². The van der Waals surface area contributed by atoms with Gasteiger partial charge in [0.25, 0.3) is 0 Å². The number of ether oxygens (including phenoxy) is 1. The van der Waals surface area contributed by atoms with Gasteiger partial charge in [0.05, 0.1) is 12.3 Å². The monoisotopic (exact) mass is 249 g/mol. The van der Waals surface area contributed by atoms with Crippen molar-refractivity contribution in [1.82, 2.24) is 4.98 Å². The number of aromatic nitrogens is 1. The van der Waals surface area contributed by atoms with Gasteiger partial charge in [-0.2, -0.15) is 0 Å². The molecule has 1 atom stereocenters. The van der Waals surface area contributed by atoms with E-state index in [2.05, 4.69) is 4.98 Å². The lowest BCUT2D eigenvalue weighted by molar-refractivity contribution is 0.0909. The van der Waals surface area contributed by atoms with E-state index in [9.17, 15) is 0 Å². The maximum Gasteiger partial charge on any atom is 0.134 e. The van der Waals surface area contributed by atoms with Crippen LogP contribution in [0.5, 0.6) is 0 Å². The number of benzene rings is 1. The van der Waals surface area contributed by atoms with E-state index in [4.69, 9.17) is 9.84 Å². The molecule has 0 radical (unpaired) electrons. The second-order valence-corrected chi connectivity index (χ2v) is 4.47. The van der Waals surface area contributed by atoms with E-state index in [0.717, 1.165) is 10.6 Å². The van der Waals surface area contributed by atoms with E-state index in [-0.39, 0.29) is 12.7 Å². The van der Waals surface area contributed by atoms with E-state index in [1.54, 1.807) is 0 Å². The molecule has 17 heavy (non-hydrogen) atoms. The third-order valence-electron chi connectivity index (χ3n) is 2.39. The van der Waals surface area contributed by atoms with Crippen molar-refractivity contribution in [3.8, 4) is 0 Å². The van der Waals surface area contributed by atoms with Crippen molar-refractivity contribution in [3.63, 3.8) is 0 Å². The van der Waals surface area contributed by atoms with Gasteiger partial charge in [-0.3, -0.25) is 0 Å². The van der Waals surface area contributed by atoms with Gasteiger partial charge in [-0.1, -0.05) is 30.3 Å². The van der Waals surface area contributed by atoms with Gasteiger partial charge in [-0.15, -0.1) is 11.3 Å². The molecule has 1 aromatic heterocycles. The van der Waals surface area contributed by atoms with Crippen molar-refractivity contribution in [2.75, 3.05) is 6.61 Å². The van der Waals surface area contributed by atoms with E-state index in [1.807, 2.05) is 42.6 Å². The van der Waals surface area contributed by atoms with Crippen molar-refractivity contribution in [2.45, 2.75) is 19.6 Å². The number of rotatable bonds is 5. The van der Waals surface area contributed by atoms with Crippen LogP contribution in [0, 0.1) is 0 Å². The fourth-order valence-corrected chi connectivity index (χ4v) is 2.50. The van der Waals surface area contributed by atoms with Crippen molar-refractivity contribution in [2.24, 2.45) is 0 Å². The molecule has 4 heteroatoms. The van der Waals surface area contributed by atoms with Gasteiger partial charge >= 0.3 is 0 Å². The van der Waals surface area contributed by atoms with Gasteiger partial charge < -0.3 is 9.84 Å². The molecule has 1 unspecified atom stereocenters. The van der Waals surface area contributed by atoms with E-state index in [0.29, 0.717) is 12.3 Å². The average Bonchev–Trinajstić information content (AvgIpc) is 2.85. The highest BCUT2D eigenvalue weighted by Crippen LogP contribution is 2.28. The summed E-state index contributed by atoms with van der Waals surface area (Å²) in [5, 5.41) is 11.8. The molecule has 0 bridgehead atoms. The van der Waals surface area contributed by atoms with Crippen LogP contribution in [0.25, 0.3) is 0 Å². The first kappa shape index (κ1) is 12.2. The number of hydrogen-bond acceptors (Lipinski definition) is 4. The molecule has 0 aliphatic heterocycles. The molecule has 1 N–H and O–H groups in total. The van der Waals surface area contributed by atoms with Gasteiger partial charge in [-0.05, 0) is 12.5 Å². The van der Waals surface area contributed by atoms with E-state index >= 15 is 0 Å². The van der Waals surface area contributed by atoms with Crippen LogP contribution in [0.2, 0.25) is 0 Å². The lowest BCUT2D eigenvalue weighted by Gasteiger charge is -2.14. The Morgan fingerprint density at radius 3 is 2.71 bits per heavy atom. The molecule has 1 heterocycles. The minimum atomic E-state index is -0.133. The summed E-state index contributed by atoms with van der Waals surface area (Å²) >= 11 is 1.52. The quantitative estimate of drug-likeness (QED) is 0.886. The van der Waals surface area contributed by atoms with Crippen LogP contribution < -0.4 is 0 Å². The standard InChI is InChI=1S/C13H15NO2S/c1-2-16-12(10-6-4-3-5-7-10)13-14-11(8-15)9-17-13/h3-7,9,12,15H,2,8H2,1H3. The smallest absolute Gasteiger partial charge is 0.134 e. The van der Waals surface area contributed by atoms with Gasteiger partial charge in [0, 0.05) is 12.0 Å². The summed E-state index contributed by atoms with van der Waals surface area (Å²) in [6.07, 6.45) is -0.133. The molecule has 0 amide bonds. The maximum absolute atomic E-state index is 9.04. The Morgan fingerprint density at radius 2 is 2.12 bits per heavy atom. The predicted octanol–water partition coefficient (Wildman–Crippen LogP) is 2.76. The predicted molar refractivity (Wildman–Crippen MR) is 67.9 cm³/mol. The number of thiazole rings is 1. The zero-order valence-electron chi connectivity index (χ0n) is 9.67. The molecule has 2 rings (SSSR count).